The first-order valence-corrected chi connectivity index (χ1v) is 6.36. The fourth-order valence-electron chi connectivity index (χ4n) is 2.12. The molecule has 0 spiro atoms. The molecule has 0 fully saturated rings. The summed E-state index contributed by atoms with van der Waals surface area (Å²) >= 11 is 0. The Labute approximate surface area is 121 Å². The Balaban J connectivity index is 2.37. The lowest BCUT2D eigenvalue weighted by molar-refractivity contribution is -0.0498. The number of hydrogen-bond acceptors (Lipinski definition) is 4. The first kappa shape index (κ1) is 15.2. The summed E-state index contributed by atoms with van der Waals surface area (Å²) in [5.41, 5.74) is 1.43. The van der Waals surface area contributed by atoms with Gasteiger partial charge in [0.15, 0.2) is 0 Å². The van der Waals surface area contributed by atoms with Crippen molar-refractivity contribution < 1.29 is 18.3 Å². The number of halogens is 2. The standard InChI is InChI=1S/C15H16F2N2O2/c1-18-13(14-12(20-2)7-4-8-19-14)10-5-3-6-11(9-10)21-15(16)17/h3-9,13,15,18H,1-2H3. The van der Waals surface area contributed by atoms with Crippen LogP contribution in [-0.2, 0) is 0 Å². The summed E-state index contributed by atoms with van der Waals surface area (Å²) in [5, 5.41) is 3.10. The molecule has 1 N–H and O–H groups in total. The molecule has 0 radical (unpaired) electrons. The molecule has 6 heteroatoms. The Morgan fingerprint density at radius 1 is 1.19 bits per heavy atom. The van der Waals surface area contributed by atoms with E-state index in [1.807, 2.05) is 6.07 Å². The summed E-state index contributed by atoms with van der Waals surface area (Å²) in [6.07, 6.45) is 1.65. The van der Waals surface area contributed by atoms with Gasteiger partial charge in [0.25, 0.3) is 0 Å². The van der Waals surface area contributed by atoms with Gasteiger partial charge in [-0.25, -0.2) is 0 Å². The van der Waals surface area contributed by atoms with Gasteiger partial charge in [-0.05, 0) is 36.9 Å². The van der Waals surface area contributed by atoms with E-state index in [0.29, 0.717) is 11.4 Å². The zero-order valence-electron chi connectivity index (χ0n) is 11.7. The Hall–Kier alpha value is -2.21. The first-order chi connectivity index (χ1) is 10.2. The van der Waals surface area contributed by atoms with E-state index in [1.54, 1.807) is 44.6 Å². The van der Waals surface area contributed by atoms with Gasteiger partial charge in [-0.1, -0.05) is 12.1 Å². The molecule has 1 aromatic carbocycles. The molecule has 21 heavy (non-hydrogen) atoms. The summed E-state index contributed by atoms with van der Waals surface area (Å²) in [6.45, 7) is -2.85. The van der Waals surface area contributed by atoms with Crippen molar-refractivity contribution in [2.24, 2.45) is 0 Å². The quantitative estimate of drug-likeness (QED) is 0.889. The van der Waals surface area contributed by atoms with Crippen molar-refractivity contribution in [1.82, 2.24) is 10.3 Å². The molecule has 4 nitrogen and oxygen atoms in total. The topological polar surface area (TPSA) is 43.4 Å². The largest absolute Gasteiger partial charge is 0.495 e. The van der Waals surface area contributed by atoms with Crippen LogP contribution in [0.2, 0.25) is 0 Å². The average molecular weight is 294 g/mol. The van der Waals surface area contributed by atoms with Crippen molar-refractivity contribution in [3.8, 4) is 11.5 Å². The van der Waals surface area contributed by atoms with Gasteiger partial charge in [0.1, 0.15) is 17.2 Å². The Kier molecular flexibility index (Phi) is 5.05. The Morgan fingerprint density at radius 2 is 2.00 bits per heavy atom. The van der Waals surface area contributed by atoms with Crippen LogP contribution in [0, 0.1) is 0 Å². The zero-order chi connectivity index (χ0) is 15.2. The van der Waals surface area contributed by atoms with E-state index in [1.165, 1.54) is 6.07 Å². The van der Waals surface area contributed by atoms with Gasteiger partial charge >= 0.3 is 6.61 Å². The summed E-state index contributed by atoms with van der Waals surface area (Å²) in [7, 11) is 3.32. The first-order valence-electron chi connectivity index (χ1n) is 6.36. The third-order valence-electron chi connectivity index (χ3n) is 3.00. The van der Waals surface area contributed by atoms with Crippen molar-refractivity contribution in [3.63, 3.8) is 0 Å². The van der Waals surface area contributed by atoms with Crippen molar-refractivity contribution in [2.45, 2.75) is 12.7 Å². The normalized spacial score (nSPS) is 12.2. The van der Waals surface area contributed by atoms with E-state index in [9.17, 15) is 8.78 Å². The number of aromatic nitrogens is 1. The smallest absolute Gasteiger partial charge is 0.387 e. The molecule has 0 saturated carbocycles. The Bertz CT molecular complexity index is 593. The molecule has 0 amide bonds. The molecule has 1 heterocycles. The SMILES string of the molecule is CNC(c1cccc(OC(F)F)c1)c1ncccc1OC. The highest BCUT2D eigenvalue weighted by Crippen LogP contribution is 2.29. The van der Waals surface area contributed by atoms with Crippen LogP contribution in [-0.4, -0.2) is 25.8 Å². The lowest BCUT2D eigenvalue weighted by atomic mass is 10.0. The molecule has 0 aliphatic rings. The Morgan fingerprint density at radius 3 is 2.67 bits per heavy atom. The number of nitrogens with one attached hydrogen (secondary N) is 1. The predicted octanol–water partition coefficient (Wildman–Crippen LogP) is 3.00. The maximum absolute atomic E-state index is 12.3. The molecule has 1 unspecified atom stereocenters. The number of ether oxygens (including phenoxy) is 2. The maximum Gasteiger partial charge on any atom is 0.387 e. The van der Waals surface area contributed by atoms with Gasteiger partial charge in [-0.3, -0.25) is 4.98 Å². The lowest BCUT2D eigenvalue weighted by Crippen LogP contribution is -2.19. The highest BCUT2D eigenvalue weighted by atomic mass is 19.3. The minimum absolute atomic E-state index is 0.109. The number of rotatable bonds is 6. The number of alkyl halides is 2. The van der Waals surface area contributed by atoms with Crippen LogP contribution in [0.3, 0.4) is 0 Å². The van der Waals surface area contributed by atoms with Crippen LogP contribution in [0.1, 0.15) is 17.3 Å². The fraction of sp³-hybridized carbons (Fsp3) is 0.267. The molecule has 2 rings (SSSR count). The minimum atomic E-state index is -2.85. The number of pyridine rings is 1. The maximum atomic E-state index is 12.3. The summed E-state index contributed by atoms with van der Waals surface area (Å²) in [4.78, 5) is 4.31. The van der Waals surface area contributed by atoms with Gasteiger partial charge in [0.2, 0.25) is 0 Å². The van der Waals surface area contributed by atoms with E-state index in [2.05, 4.69) is 15.0 Å². The van der Waals surface area contributed by atoms with Gasteiger partial charge in [-0.15, -0.1) is 0 Å². The number of nitrogens with zero attached hydrogens (tertiary/aromatic N) is 1. The number of hydrogen-bond donors (Lipinski definition) is 1. The molecular formula is C15H16F2N2O2. The number of benzene rings is 1. The molecule has 0 saturated heterocycles. The van der Waals surface area contributed by atoms with E-state index >= 15 is 0 Å². The molecule has 0 aliphatic heterocycles. The second-order valence-electron chi connectivity index (χ2n) is 4.26. The van der Waals surface area contributed by atoms with E-state index in [0.717, 1.165) is 5.56 Å². The van der Waals surface area contributed by atoms with Crippen LogP contribution in [0.4, 0.5) is 8.78 Å². The molecule has 1 atom stereocenters. The van der Waals surface area contributed by atoms with E-state index < -0.39 is 6.61 Å². The molecule has 2 aromatic rings. The molecule has 0 aliphatic carbocycles. The average Bonchev–Trinajstić information content (AvgIpc) is 2.48. The minimum Gasteiger partial charge on any atom is -0.495 e. The van der Waals surface area contributed by atoms with Crippen molar-refractivity contribution in [3.05, 3.63) is 53.9 Å². The van der Waals surface area contributed by atoms with Crippen LogP contribution in [0.15, 0.2) is 42.6 Å². The van der Waals surface area contributed by atoms with Gasteiger partial charge in [-0.2, -0.15) is 8.78 Å². The van der Waals surface area contributed by atoms with Crippen LogP contribution in [0.5, 0.6) is 11.5 Å². The fourth-order valence-corrected chi connectivity index (χ4v) is 2.12. The van der Waals surface area contributed by atoms with Crippen molar-refractivity contribution in [1.29, 1.82) is 0 Å². The third-order valence-corrected chi connectivity index (χ3v) is 3.00. The van der Waals surface area contributed by atoms with Crippen molar-refractivity contribution in [2.75, 3.05) is 14.2 Å². The number of methoxy groups -OCH3 is 1. The highest BCUT2D eigenvalue weighted by molar-refractivity contribution is 5.39. The predicted molar refractivity (Wildman–Crippen MR) is 74.8 cm³/mol. The van der Waals surface area contributed by atoms with E-state index in [4.69, 9.17) is 4.74 Å². The molecule has 0 bridgehead atoms. The summed E-state index contributed by atoms with van der Waals surface area (Å²) in [6, 6.07) is 9.79. The second-order valence-corrected chi connectivity index (χ2v) is 4.26. The monoisotopic (exact) mass is 294 g/mol. The molecular weight excluding hydrogens is 278 g/mol. The van der Waals surface area contributed by atoms with Gasteiger partial charge < -0.3 is 14.8 Å². The van der Waals surface area contributed by atoms with Gasteiger partial charge in [0.05, 0.1) is 13.2 Å². The van der Waals surface area contributed by atoms with Crippen LogP contribution < -0.4 is 14.8 Å². The van der Waals surface area contributed by atoms with Gasteiger partial charge in [0, 0.05) is 6.20 Å². The van der Waals surface area contributed by atoms with Crippen LogP contribution >= 0.6 is 0 Å². The summed E-state index contributed by atoms with van der Waals surface area (Å²) < 4.78 is 34.3. The van der Waals surface area contributed by atoms with Crippen LogP contribution in [0.25, 0.3) is 0 Å². The summed E-state index contributed by atoms with van der Waals surface area (Å²) in [5.74, 6) is 0.731. The second kappa shape index (κ2) is 6.99. The molecule has 112 valence electrons. The zero-order valence-corrected chi connectivity index (χ0v) is 11.7. The molecule has 1 aromatic heterocycles. The van der Waals surface area contributed by atoms with Crippen molar-refractivity contribution >= 4 is 0 Å². The highest BCUT2D eigenvalue weighted by Gasteiger charge is 2.18. The third kappa shape index (κ3) is 3.66. The van der Waals surface area contributed by atoms with E-state index in [-0.39, 0.29) is 11.8 Å². The lowest BCUT2D eigenvalue weighted by Gasteiger charge is -2.19.